The van der Waals surface area contributed by atoms with E-state index in [0.717, 1.165) is 6.54 Å². The van der Waals surface area contributed by atoms with Crippen molar-refractivity contribution in [3.8, 4) is 0 Å². The van der Waals surface area contributed by atoms with Gasteiger partial charge in [0, 0.05) is 17.8 Å². The molecule has 0 saturated heterocycles. The third-order valence-electron chi connectivity index (χ3n) is 2.19. The maximum absolute atomic E-state index is 2.40. The quantitative estimate of drug-likeness (QED) is 0.670. The zero-order valence-electron chi connectivity index (χ0n) is 9.04. The second kappa shape index (κ2) is 3.82. The molecule has 1 heteroatoms. The minimum Gasteiger partial charge on any atom is -0.367 e. The number of anilines is 1. The number of benzene rings is 1. The van der Waals surface area contributed by atoms with Crippen molar-refractivity contribution >= 4 is 5.69 Å². The largest absolute Gasteiger partial charge is 0.367 e. The number of rotatable bonds is 2. The molecule has 1 aromatic rings. The lowest BCUT2D eigenvalue weighted by molar-refractivity contribution is 0.513. The van der Waals surface area contributed by atoms with Crippen molar-refractivity contribution in [3.63, 3.8) is 0 Å². The van der Waals surface area contributed by atoms with E-state index < -0.39 is 0 Å². The Bertz CT molecular complexity index is 246. The van der Waals surface area contributed by atoms with Gasteiger partial charge < -0.3 is 4.90 Å². The first kappa shape index (κ1) is 10.1. The molecule has 1 rings (SSSR count). The van der Waals surface area contributed by atoms with E-state index in [4.69, 9.17) is 0 Å². The molecule has 0 amide bonds. The van der Waals surface area contributed by atoms with Gasteiger partial charge in [0.25, 0.3) is 0 Å². The van der Waals surface area contributed by atoms with Gasteiger partial charge in [-0.15, -0.1) is 0 Å². The van der Waals surface area contributed by atoms with E-state index in [9.17, 15) is 0 Å². The third kappa shape index (κ3) is 2.48. The highest BCUT2D eigenvalue weighted by molar-refractivity contribution is 5.47. The smallest absolute Gasteiger partial charge is 0.0370 e. The van der Waals surface area contributed by atoms with Crippen LogP contribution in [0.2, 0.25) is 0 Å². The van der Waals surface area contributed by atoms with Gasteiger partial charge in [-0.25, -0.2) is 0 Å². The minimum absolute atomic E-state index is 0.204. The van der Waals surface area contributed by atoms with Crippen LogP contribution in [0.15, 0.2) is 30.3 Å². The van der Waals surface area contributed by atoms with Crippen molar-refractivity contribution in [1.29, 1.82) is 0 Å². The highest BCUT2D eigenvalue weighted by atomic mass is 15.2. The van der Waals surface area contributed by atoms with Crippen molar-refractivity contribution in [3.05, 3.63) is 30.3 Å². The van der Waals surface area contributed by atoms with Crippen molar-refractivity contribution in [2.75, 3.05) is 11.4 Å². The second-order valence-electron chi connectivity index (χ2n) is 4.25. The highest BCUT2D eigenvalue weighted by Crippen LogP contribution is 2.22. The molecule has 0 saturated carbocycles. The molecule has 1 aromatic carbocycles. The summed E-state index contributed by atoms with van der Waals surface area (Å²) >= 11 is 0. The highest BCUT2D eigenvalue weighted by Gasteiger charge is 2.19. The first-order valence-electron chi connectivity index (χ1n) is 4.88. The Morgan fingerprint density at radius 1 is 1.08 bits per heavy atom. The summed E-state index contributed by atoms with van der Waals surface area (Å²) in [5.41, 5.74) is 1.51. The van der Waals surface area contributed by atoms with Crippen LogP contribution in [0.1, 0.15) is 27.7 Å². The molecular formula is C12H19N. The topological polar surface area (TPSA) is 3.24 Å². The fourth-order valence-corrected chi connectivity index (χ4v) is 1.65. The van der Waals surface area contributed by atoms with Gasteiger partial charge in [-0.3, -0.25) is 0 Å². The van der Waals surface area contributed by atoms with E-state index in [-0.39, 0.29) is 5.54 Å². The normalized spacial score (nSPS) is 11.4. The van der Waals surface area contributed by atoms with Crippen LogP contribution in [-0.2, 0) is 0 Å². The van der Waals surface area contributed by atoms with Crippen LogP contribution in [0.5, 0.6) is 0 Å². The third-order valence-corrected chi connectivity index (χ3v) is 2.19. The molecule has 0 radical (unpaired) electrons. The van der Waals surface area contributed by atoms with E-state index in [1.807, 2.05) is 0 Å². The van der Waals surface area contributed by atoms with Crippen LogP contribution >= 0.6 is 0 Å². The Morgan fingerprint density at radius 2 is 1.62 bits per heavy atom. The Hall–Kier alpha value is -0.980. The average Bonchev–Trinajstić information content (AvgIpc) is 2.05. The molecule has 0 fully saturated rings. The zero-order valence-corrected chi connectivity index (χ0v) is 9.04. The Kier molecular flexibility index (Phi) is 2.97. The molecule has 13 heavy (non-hydrogen) atoms. The van der Waals surface area contributed by atoms with Gasteiger partial charge in [0.1, 0.15) is 0 Å². The molecule has 0 aliphatic heterocycles. The molecule has 1 nitrogen and oxygen atoms in total. The van der Waals surface area contributed by atoms with Crippen molar-refractivity contribution in [2.45, 2.75) is 33.2 Å². The Labute approximate surface area is 81.4 Å². The summed E-state index contributed by atoms with van der Waals surface area (Å²) in [7, 11) is 0. The van der Waals surface area contributed by atoms with Gasteiger partial charge in [-0.2, -0.15) is 0 Å². The lowest BCUT2D eigenvalue weighted by atomic mass is 10.1. The molecule has 72 valence electrons. The van der Waals surface area contributed by atoms with Gasteiger partial charge in [0.2, 0.25) is 0 Å². The summed E-state index contributed by atoms with van der Waals surface area (Å²) in [5.74, 6) is 0. The summed E-state index contributed by atoms with van der Waals surface area (Å²) in [5, 5.41) is 0. The van der Waals surface area contributed by atoms with E-state index in [1.165, 1.54) is 5.69 Å². The maximum Gasteiger partial charge on any atom is 0.0370 e. The van der Waals surface area contributed by atoms with Crippen LogP contribution in [0.4, 0.5) is 5.69 Å². The Morgan fingerprint density at radius 3 is 2.00 bits per heavy atom. The Balaban J connectivity index is 2.92. The summed E-state index contributed by atoms with van der Waals surface area (Å²) in [6.45, 7) is 9.96. The fraction of sp³-hybridized carbons (Fsp3) is 0.500. The number of nitrogens with zero attached hydrogens (tertiary/aromatic N) is 1. The van der Waals surface area contributed by atoms with E-state index in [2.05, 4.69) is 62.9 Å². The van der Waals surface area contributed by atoms with E-state index >= 15 is 0 Å². The van der Waals surface area contributed by atoms with Gasteiger partial charge in [-0.05, 0) is 39.8 Å². The molecule has 0 spiro atoms. The van der Waals surface area contributed by atoms with Crippen molar-refractivity contribution in [2.24, 2.45) is 0 Å². The van der Waals surface area contributed by atoms with Gasteiger partial charge >= 0.3 is 0 Å². The predicted octanol–water partition coefficient (Wildman–Crippen LogP) is 3.31. The van der Waals surface area contributed by atoms with Crippen LogP contribution in [0, 0.1) is 0 Å². The van der Waals surface area contributed by atoms with Crippen LogP contribution in [0.25, 0.3) is 0 Å². The molecule has 0 aliphatic rings. The van der Waals surface area contributed by atoms with Gasteiger partial charge in [-0.1, -0.05) is 18.2 Å². The minimum atomic E-state index is 0.204. The first-order chi connectivity index (χ1) is 6.05. The second-order valence-corrected chi connectivity index (χ2v) is 4.25. The van der Waals surface area contributed by atoms with E-state index in [0.29, 0.717) is 0 Å². The van der Waals surface area contributed by atoms with Crippen LogP contribution in [0.3, 0.4) is 0 Å². The van der Waals surface area contributed by atoms with Crippen LogP contribution < -0.4 is 4.90 Å². The molecular weight excluding hydrogens is 158 g/mol. The fourth-order valence-electron chi connectivity index (χ4n) is 1.65. The molecule has 0 bridgehead atoms. The predicted molar refractivity (Wildman–Crippen MR) is 59.2 cm³/mol. The lowest BCUT2D eigenvalue weighted by Gasteiger charge is -2.36. The zero-order chi connectivity index (χ0) is 9.90. The molecule has 0 aliphatic carbocycles. The average molecular weight is 177 g/mol. The SMILES string of the molecule is CCN(c1ccccc1)C(C)(C)C. The monoisotopic (exact) mass is 177 g/mol. The lowest BCUT2D eigenvalue weighted by Crippen LogP contribution is -2.41. The first-order valence-corrected chi connectivity index (χ1v) is 4.88. The van der Waals surface area contributed by atoms with Gasteiger partial charge in [0.15, 0.2) is 0 Å². The number of hydrogen-bond acceptors (Lipinski definition) is 1. The van der Waals surface area contributed by atoms with Gasteiger partial charge in [0.05, 0.1) is 0 Å². The summed E-state index contributed by atoms with van der Waals surface area (Å²) < 4.78 is 0. The molecule has 0 unspecified atom stereocenters. The standard InChI is InChI=1S/C12H19N/c1-5-13(12(2,3)4)11-9-7-6-8-10-11/h6-10H,5H2,1-4H3. The maximum atomic E-state index is 2.40. The van der Waals surface area contributed by atoms with Crippen LogP contribution in [-0.4, -0.2) is 12.1 Å². The van der Waals surface area contributed by atoms with Crippen molar-refractivity contribution in [1.82, 2.24) is 0 Å². The molecule has 0 atom stereocenters. The summed E-state index contributed by atoms with van der Waals surface area (Å²) in [6, 6.07) is 10.6. The summed E-state index contributed by atoms with van der Waals surface area (Å²) in [6.07, 6.45) is 0. The number of hydrogen-bond donors (Lipinski definition) is 0. The molecule has 0 aromatic heterocycles. The van der Waals surface area contributed by atoms with Crippen molar-refractivity contribution < 1.29 is 0 Å². The summed E-state index contributed by atoms with van der Waals surface area (Å²) in [4.78, 5) is 2.40. The van der Waals surface area contributed by atoms with E-state index in [1.54, 1.807) is 0 Å². The molecule has 0 N–H and O–H groups in total. The number of para-hydroxylation sites is 1. The molecule has 0 heterocycles.